The Hall–Kier alpha value is -1.73. The lowest BCUT2D eigenvalue weighted by Crippen LogP contribution is -2.20. The predicted octanol–water partition coefficient (Wildman–Crippen LogP) is 0.165. The van der Waals surface area contributed by atoms with E-state index in [0.29, 0.717) is 25.7 Å². The van der Waals surface area contributed by atoms with Gasteiger partial charge in [-0.3, -0.25) is 0 Å². The molecule has 0 saturated heterocycles. The van der Waals surface area contributed by atoms with Crippen molar-refractivity contribution in [1.82, 2.24) is 14.9 Å². The van der Waals surface area contributed by atoms with Crippen LogP contribution in [-0.2, 0) is 4.74 Å². The Morgan fingerprint density at radius 3 is 2.94 bits per heavy atom. The normalized spacial score (nSPS) is 10.6. The third-order valence-electron chi connectivity index (χ3n) is 2.09. The van der Waals surface area contributed by atoms with Gasteiger partial charge in [0, 0.05) is 19.3 Å². The van der Waals surface area contributed by atoms with Gasteiger partial charge in [-0.05, 0) is 20.2 Å². The predicted molar refractivity (Wildman–Crippen MR) is 66.9 cm³/mol. The molecule has 0 radical (unpaired) electrons. The van der Waals surface area contributed by atoms with E-state index in [-0.39, 0.29) is 5.69 Å². The summed E-state index contributed by atoms with van der Waals surface area (Å²) in [6.07, 6.45) is 1.41. The van der Waals surface area contributed by atoms with Crippen LogP contribution in [0.15, 0.2) is 12.3 Å². The van der Waals surface area contributed by atoms with Gasteiger partial charge in [0.15, 0.2) is 5.69 Å². The summed E-state index contributed by atoms with van der Waals surface area (Å²) < 4.78 is 5.37. The van der Waals surface area contributed by atoms with E-state index < -0.39 is 5.97 Å². The molecule has 0 spiro atoms. The first-order valence-corrected chi connectivity index (χ1v) is 5.62. The molecule has 0 atom stereocenters. The fourth-order valence-corrected chi connectivity index (χ4v) is 1.15. The fourth-order valence-electron chi connectivity index (χ4n) is 1.15. The van der Waals surface area contributed by atoms with Crippen LogP contribution in [0.3, 0.4) is 0 Å². The molecule has 7 heteroatoms. The topological polar surface area (TPSA) is 87.6 Å². The summed E-state index contributed by atoms with van der Waals surface area (Å²) in [5, 5.41) is 11.7. The third-order valence-corrected chi connectivity index (χ3v) is 2.09. The van der Waals surface area contributed by atoms with E-state index in [0.717, 1.165) is 6.54 Å². The highest BCUT2D eigenvalue weighted by atomic mass is 16.5. The third kappa shape index (κ3) is 5.55. The van der Waals surface area contributed by atoms with Gasteiger partial charge in [-0.15, -0.1) is 0 Å². The number of likely N-dealkylation sites (N-methyl/N-ethyl adjacent to an activating group) is 1. The van der Waals surface area contributed by atoms with Gasteiger partial charge in [-0.25, -0.2) is 14.8 Å². The lowest BCUT2D eigenvalue weighted by molar-refractivity contribution is 0.0690. The van der Waals surface area contributed by atoms with Crippen molar-refractivity contribution < 1.29 is 14.6 Å². The smallest absolute Gasteiger partial charge is 0.354 e. The first-order valence-electron chi connectivity index (χ1n) is 5.62. The van der Waals surface area contributed by atoms with Gasteiger partial charge in [-0.1, -0.05) is 0 Å². The molecule has 0 fully saturated rings. The number of ether oxygens (including phenoxy) is 1. The molecule has 0 amide bonds. The molecule has 1 heterocycles. The number of carboxylic acids is 1. The number of nitrogens with one attached hydrogen (secondary N) is 1. The second kappa shape index (κ2) is 7.57. The quantitative estimate of drug-likeness (QED) is 0.639. The standard InChI is InChI=1S/C11H18N4O3/c1-15(2)6-8-18-7-5-13-11-12-4-3-9(14-11)10(16)17/h3-4H,5-8H2,1-2H3,(H,16,17)(H,12,13,14). The zero-order valence-corrected chi connectivity index (χ0v) is 10.6. The number of nitrogens with zero attached hydrogens (tertiary/aromatic N) is 3. The summed E-state index contributed by atoms with van der Waals surface area (Å²) in [5.74, 6) is -0.770. The fraction of sp³-hybridized carbons (Fsp3) is 0.545. The van der Waals surface area contributed by atoms with Crippen molar-refractivity contribution in [2.45, 2.75) is 0 Å². The zero-order valence-electron chi connectivity index (χ0n) is 10.6. The van der Waals surface area contributed by atoms with Crippen LogP contribution in [0, 0.1) is 0 Å². The second-order valence-corrected chi connectivity index (χ2v) is 3.91. The highest BCUT2D eigenvalue weighted by Crippen LogP contribution is 1.99. The van der Waals surface area contributed by atoms with Gasteiger partial charge < -0.3 is 20.1 Å². The molecule has 0 aromatic carbocycles. The number of carbonyl (C=O) groups is 1. The minimum Gasteiger partial charge on any atom is -0.477 e. The van der Waals surface area contributed by atoms with E-state index in [2.05, 4.69) is 15.3 Å². The Morgan fingerprint density at radius 1 is 1.50 bits per heavy atom. The Kier molecular flexibility index (Phi) is 6.03. The summed E-state index contributed by atoms with van der Waals surface area (Å²) in [7, 11) is 3.96. The Morgan fingerprint density at radius 2 is 2.28 bits per heavy atom. The van der Waals surface area contributed by atoms with Gasteiger partial charge in [0.05, 0.1) is 13.2 Å². The number of anilines is 1. The lowest BCUT2D eigenvalue weighted by atomic mass is 10.4. The van der Waals surface area contributed by atoms with Crippen LogP contribution in [0.4, 0.5) is 5.95 Å². The average molecular weight is 254 g/mol. The maximum atomic E-state index is 10.7. The minimum atomic E-state index is -1.07. The molecule has 0 bridgehead atoms. The lowest BCUT2D eigenvalue weighted by Gasteiger charge is -2.10. The molecule has 0 aliphatic rings. The minimum absolute atomic E-state index is 0.0268. The zero-order chi connectivity index (χ0) is 13.4. The molecule has 0 unspecified atom stereocenters. The van der Waals surface area contributed by atoms with E-state index >= 15 is 0 Å². The SMILES string of the molecule is CN(C)CCOCCNc1nccc(C(=O)O)n1. The maximum absolute atomic E-state index is 10.7. The molecule has 7 nitrogen and oxygen atoms in total. The number of hydrogen-bond acceptors (Lipinski definition) is 6. The van der Waals surface area contributed by atoms with E-state index in [9.17, 15) is 4.79 Å². The van der Waals surface area contributed by atoms with Crippen LogP contribution >= 0.6 is 0 Å². The maximum Gasteiger partial charge on any atom is 0.354 e. The second-order valence-electron chi connectivity index (χ2n) is 3.91. The number of aromatic nitrogens is 2. The van der Waals surface area contributed by atoms with Crippen LogP contribution in [-0.4, -0.2) is 66.3 Å². The van der Waals surface area contributed by atoms with E-state index in [4.69, 9.17) is 9.84 Å². The Labute approximate surface area is 106 Å². The molecular weight excluding hydrogens is 236 g/mol. The van der Waals surface area contributed by atoms with E-state index in [1.807, 2.05) is 19.0 Å². The molecule has 1 rings (SSSR count). The van der Waals surface area contributed by atoms with Crippen LogP contribution in [0.25, 0.3) is 0 Å². The van der Waals surface area contributed by atoms with Crippen molar-refractivity contribution >= 4 is 11.9 Å². The van der Waals surface area contributed by atoms with Crippen molar-refractivity contribution in [1.29, 1.82) is 0 Å². The van der Waals surface area contributed by atoms with Gasteiger partial charge in [0.25, 0.3) is 0 Å². The largest absolute Gasteiger partial charge is 0.477 e. The summed E-state index contributed by atoms with van der Waals surface area (Å²) >= 11 is 0. The molecule has 0 aliphatic heterocycles. The summed E-state index contributed by atoms with van der Waals surface area (Å²) in [6, 6.07) is 1.35. The number of aromatic carboxylic acids is 1. The van der Waals surface area contributed by atoms with E-state index in [1.165, 1.54) is 12.3 Å². The highest BCUT2D eigenvalue weighted by molar-refractivity contribution is 5.85. The van der Waals surface area contributed by atoms with Crippen molar-refractivity contribution in [3.63, 3.8) is 0 Å². The molecule has 100 valence electrons. The van der Waals surface area contributed by atoms with Crippen LogP contribution < -0.4 is 5.32 Å². The molecule has 18 heavy (non-hydrogen) atoms. The van der Waals surface area contributed by atoms with Crippen molar-refractivity contribution in [2.24, 2.45) is 0 Å². The summed E-state index contributed by atoms with van der Waals surface area (Å²) in [4.78, 5) is 20.5. The van der Waals surface area contributed by atoms with Crippen molar-refractivity contribution in [3.8, 4) is 0 Å². The first-order chi connectivity index (χ1) is 8.59. The average Bonchev–Trinajstić information content (AvgIpc) is 2.33. The van der Waals surface area contributed by atoms with Crippen LogP contribution in [0.2, 0.25) is 0 Å². The van der Waals surface area contributed by atoms with E-state index in [1.54, 1.807) is 0 Å². The van der Waals surface area contributed by atoms with Gasteiger partial charge in [0.2, 0.25) is 5.95 Å². The molecule has 2 N–H and O–H groups in total. The molecule has 1 aromatic rings. The monoisotopic (exact) mass is 254 g/mol. The first kappa shape index (κ1) is 14.3. The van der Waals surface area contributed by atoms with Crippen molar-refractivity contribution in [3.05, 3.63) is 18.0 Å². The van der Waals surface area contributed by atoms with Gasteiger partial charge in [0.1, 0.15) is 0 Å². The number of carboxylic acid groups (broad SMARTS) is 1. The Bertz CT molecular complexity index is 384. The molecule has 0 saturated carbocycles. The van der Waals surface area contributed by atoms with Crippen molar-refractivity contribution in [2.75, 3.05) is 45.7 Å². The molecule has 0 aliphatic carbocycles. The van der Waals surface area contributed by atoms with Crippen LogP contribution in [0.5, 0.6) is 0 Å². The van der Waals surface area contributed by atoms with Crippen LogP contribution in [0.1, 0.15) is 10.5 Å². The summed E-state index contributed by atoms with van der Waals surface area (Å²) in [5.41, 5.74) is -0.0268. The van der Waals surface area contributed by atoms with Gasteiger partial charge >= 0.3 is 5.97 Å². The number of rotatable bonds is 8. The molecular formula is C11H18N4O3. The molecule has 1 aromatic heterocycles. The number of hydrogen-bond donors (Lipinski definition) is 2. The Balaban J connectivity index is 2.23. The highest BCUT2D eigenvalue weighted by Gasteiger charge is 2.05. The summed E-state index contributed by atoms with van der Waals surface area (Å²) in [6.45, 7) is 2.58. The van der Waals surface area contributed by atoms with Gasteiger partial charge in [-0.2, -0.15) is 0 Å².